The van der Waals surface area contributed by atoms with E-state index in [1.807, 2.05) is 22.9 Å². The number of aromatic nitrogens is 4. The molecule has 1 fully saturated rings. The van der Waals surface area contributed by atoms with Crippen molar-refractivity contribution in [2.45, 2.75) is 32.7 Å². The first-order valence-electron chi connectivity index (χ1n) is 6.95. The lowest BCUT2D eigenvalue weighted by molar-refractivity contribution is 0.412. The van der Waals surface area contributed by atoms with Crippen LogP contribution in [0.1, 0.15) is 26.2 Å². The topological polar surface area (TPSA) is 69.6 Å². The number of tetrazole rings is 1. The maximum atomic E-state index is 5.93. The molecule has 2 unspecified atom stereocenters. The van der Waals surface area contributed by atoms with E-state index in [9.17, 15) is 0 Å². The summed E-state index contributed by atoms with van der Waals surface area (Å²) in [6.45, 7) is 3.21. The molecule has 1 aliphatic rings. The summed E-state index contributed by atoms with van der Waals surface area (Å²) in [6, 6.07) is 5.82. The second kappa shape index (κ2) is 5.52. The van der Waals surface area contributed by atoms with E-state index in [-0.39, 0.29) is 0 Å². The van der Waals surface area contributed by atoms with Crippen molar-refractivity contribution < 1.29 is 0 Å². The van der Waals surface area contributed by atoms with Gasteiger partial charge in [-0.1, -0.05) is 13.3 Å². The quantitative estimate of drug-likeness (QED) is 0.875. The van der Waals surface area contributed by atoms with Crippen LogP contribution in [-0.4, -0.2) is 20.2 Å². The lowest BCUT2D eigenvalue weighted by Gasteiger charge is -2.11. The summed E-state index contributed by atoms with van der Waals surface area (Å²) in [4.78, 5) is 0. The highest BCUT2D eigenvalue weighted by atomic mass is 79.9. The van der Waals surface area contributed by atoms with Crippen molar-refractivity contribution >= 4 is 21.6 Å². The summed E-state index contributed by atoms with van der Waals surface area (Å²) in [7, 11) is 0. The molecule has 20 heavy (non-hydrogen) atoms. The standard InChI is InChI=1S/C14H18BrN5/c1-9-2-3-10(6-9)8-20-14(17-18-19-20)11-4-5-12(15)13(16)7-11/h4-5,7,9-10H,2-3,6,8,16H2,1H3. The van der Waals surface area contributed by atoms with Crippen LogP contribution in [0.15, 0.2) is 22.7 Å². The van der Waals surface area contributed by atoms with Crippen molar-refractivity contribution in [2.24, 2.45) is 11.8 Å². The molecule has 3 rings (SSSR count). The summed E-state index contributed by atoms with van der Waals surface area (Å²) < 4.78 is 2.80. The van der Waals surface area contributed by atoms with Crippen molar-refractivity contribution in [3.63, 3.8) is 0 Å². The Morgan fingerprint density at radius 3 is 2.95 bits per heavy atom. The third-order valence-electron chi connectivity index (χ3n) is 4.02. The molecule has 1 aliphatic carbocycles. The number of nitrogens with zero attached hydrogens (tertiary/aromatic N) is 4. The van der Waals surface area contributed by atoms with Crippen molar-refractivity contribution in [3.8, 4) is 11.4 Å². The third-order valence-corrected chi connectivity index (χ3v) is 4.74. The summed E-state index contributed by atoms with van der Waals surface area (Å²) in [5, 5.41) is 12.1. The molecule has 0 aliphatic heterocycles. The summed E-state index contributed by atoms with van der Waals surface area (Å²) in [6.07, 6.45) is 3.85. The number of hydrogen-bond acceptors (Lipinski definition) is 4. The predicted molar refractivity (Wildman–Crippen MR) is 81.9 cm³/mol. The van der Waals surface area contributed by atoms with Gasteiger partial charge in [-0.05, 0) is 69.2 Å². The van der Waals surface area contributed by atoms with Gasteiger partial charge in [0.25, 0.3) is 0 Å². The summed E-state index contributed by atoms with van der Waals surface area (Å²) in [5.41, 5.74) is 7.59. The van der Waals surface area contributed by atoms with Gasteiger partial charge in [0.2, 0.25) is 0 Å². The molecular weight excluding hydrogens is 318 g/mol. The van der Waals surface area contributed by atoms with Gasteiger partial charge >= 0.3 is 0 Å². The molecule has 1 aromatic heterocycles. The molecule has 1 aromatic carbocycles. The predicted octanol–water partition coefficient (Wildman–Crippen LogP) is 3.12. The normalized spacial score (nSPS) is 22.3. The molecule has 0 radical (unpaired) electrons. The highest BCUT2D eigenvalue weighted by Gasteiger charge is 2.23. The number of nitrogens with two attached hydrogens (primary N) is 1. The molecule has 106 valence electrons. The van der Waals surface area contributed by atoms with E-state index in [1.165, 1.54) is 19.3 Å². The van der Waals surface area contributed by atoms with Gasteiger partial charge < -0.3 is 5.73 Å². The van der Waals surface area contributed by atoms with Crippen LogP contribution in [0.5, 0.6) is 0 Å². The Morgan fingerprint density at radius 2 is 2.25 bits per heavy atom. The summed E-state index contributed by atoms with van der Waals surface area (Å²) >= 11 is 3.41. The Bertz CT molecular complexity index is 609. The zero-order chi connectivity index (χ0) is 14.1. The summed E-state index contributed by atoms with van der Waals surface area (Å²) in [5.74, 6) is 2.30. The number of nitrogen functional groups attached to an aromatic ring is 1. The van der Waals surface area contributed by atoms with E-state index >= 15 is 0 Å². The Morgan fingerprint density at radius 1 is 1.40 bits per heavy atom. The first kappa shape index (κ1) is 13.5. The van der Waals surface area contributed by atoms with Gasteiger partial charge in [0, 0.05) is 22.3 Å². The van der Waals surface area contributed by atoms with Crippen LogP contribution in [0.25, 0.3) is 11.4 Å². The van der Waals surface area contributed by atoms with Gasteiger partial charge in [0.1, 0.15) is 0 Å². The Hall–Kier alpha value is -1.43. The minimum atomic E-state index is 0.681. The van der Waals surface area contributed by atoms with Gasteiger partial charge in [0.05, 0.1) is 0 Å². The molecule has 2 aromatic rings. The highest BCUT2D eigenvalue weighted by molar-refractivity contribution is 9.10. The average molecular weight is 336 g/mol. The number of anilines is 1. The first-order valence-corrected chi connectivity index (χ1v) is 7.74. The minimum Gasteiger partial charge on any atom is -0.398 e. The van der Waals surface area contributed by atoms with Gasteiger partial charge in [0.15, 0.2) is 5.82 Å². The molecule has 0 bridgehead atoms. The largest absolute Gasteiger partial charge is 0.398 e. The number of rotatable bonds is 3. The smallest absolute Gasteiger partial charge is 0.182 e. The molecule has 2 atom stereocenters. The lowest BCUT2D eigenvalue weighted by Crippen LogP contribution is -2.11. The van der Waals surface area contributed by atoms with Crippen LogP contribution < -0.4 is 5.73 Å². The fraction of sp³-hybridized carbons (Fsp3) is 0.500. The van der Waals surface area contributed by atoms with E-state index in [4.69, 9.17) is 5.73 Å². The van der Waals surface area contributed by atoms with Crippen LogP contribution in [0.4, 0.5) is 5.69 Å². The van der Waals surface area contributed by atoms with E-state index in [1.54, 1.807) is 0 Å². The second-order valence-corrected chi connectivity index (χ2v) is 6.56. The van der Waals surface area contributed by atoms with Crippen LogP contribution in [0.2, 0.25) is 0 Å². The Labute approximate surface area is 126 Å². The molecule has 5 nitrogen and oxygen atoms in total. The molecule has 0 saturated heterocycles. The van der Waals surface area contributed by atoms with Crippen LogP contribution in [-0.2, 0) is 6.54 Å². The molecule has 1 saturated carbocycles. The van der Waals surface area contributed by atoms with Crippen molar-refractivity contribution in [3.05, 3.63) is 22.7 Å². The zero-order valence-corrected chi connectivity index (χ0v) is 13.0. The van der Waals surface area contributed by atoms with Crippen molar-refractivity contribution in [1.29, 1.82) is 0 Å². The van der Waals surface area contributed by atoms with Gasteiger partial charge in [-0.25, -0.2) is 4.68 Å². The molecule has 1 heterocycles. The maximum Gasteiger partial charge on any atom is 0.182 e. The molecule has 2 N–H and O–H groups in total. The van der Waals surface area contributed by atoms with Crippen LogP contribution >= 0.6 is 15.9 Å². The number of hydrogen-bond donors (Lipinski definition) is 1. The third kappa shape index (κ3) is 2.70. The second-order valence-electron chi connectivity index (χ2n) is 5.71. The van der Waals surface area contributed by atoms with Crippen molar-refractivity contribution in [1.82, 2.24) is 20.2 Å². The van der Waals surface area contributed by atoms with E-state index in [2.05, 4.69) is 38.4 Å². The minimum absolute atomic E-state index is 0.681. The maximum absolute atomic E-state index is 5.93. The van der Waals surface area contributed by atoms with Crippen LogP contribution in [0.3, 0.4) is 0 Å². The molecular formula is C14H18BrN5. The molecule has 0 amide bonds. The monoisotopic (exact) mass is 335 g/mol. The van der Waals surface area contributed by atoms with Gasteiger partial charge in [-0.3, -0.25) is 0 Å². The zero-order valence-electron chi connectivity index (χ0n) is 11.5. The lowest BCUT2D eigenvalue weighted by atomic mass is 10.1. The number of halogens is 1. The van der Waals surface area contributed by atoms with Crippen LogP contribution in [0, 0.1) is 11.8 Å². The Kier molecular flexibility index (Phi) is 3.74. The fourth-order valence-corrected chi connectivity index (χ4v) is 3.20. The number of benzene rings is 1. The van der Waals surface area contributed by atoms with Gasteiger partial charge in [-0.2, -0.15) is 0 Å². The van der Waals surface area contributed by atoms with E-state index in [0.29, 0.717) is 11.6 Å². The molecule has 6 heteroatoms. The fourth-order valence-electron chi connectivity index (χ4n) is 2.95. The Balaban J connectivity index is 1.84. The van der Waals surface area contributed by atoms with Crippen molar-refractivity contribution in [2.75, 3.05) is 5.73 Å². The van der Waals surface area contributed by atoms with E-state index < -0.39 is 0 Å². The van der Waals surface area contributed by atoms with Gasteiger partial charge in [-0.15, -0.1) is 5.10 Å². The van der Waals surface area contributed by atoms with E-state index in [0.717, 1.165) is 28.3 Å². The SMILES string of the molecule is CC1CCC(Cn2nnnc2-c2ccc(Br)c(N)c2)C1. The first-order chi connectivity index (χ1) is 9.63. The molecule has 0 spiro atoms. The average Bonchev–Trinajstić information content (AvgIpc) is 3.03. The highest BCUT2D eigenvalue weighted by Crippen LogP contribution is 2.32.